The van der Waals surface area contributed by atoms with Crippen LogP contribution in [-0.2, 0) is 4.79 Å². The number of rotatable bonds is 1. The fraction of sp³-hybridized carbons (Fsp3) is 0.0909. The van der Waals surface area contributed by atoms with Crippen LogP contribution in [0.4, 0.5) is 0 Å². The number of carbonyl (C=O) groups is 1. The molecule has 0 aromatic carbocycles. The van der Waals surface area contributed by atoms with Crippen molar-refractivity contribution in [3.05, 3.63) is 53.3 Å². The van der Waals surface area contributed by atoms with Gasteiger partial charge in [0.15, 0.2) is 0 Å². The number of hydrogen-bond donors (Lipinski definition) is 0. The lowest BCUT2D eigenvalue weighted by Gasteiger charge is -2.16. The molecular weight excluding hydrogens is 148 g/mol. The molecule has 0 fully saturated rings. The molecule has 0 spiro atoms. The van der Waals surface area contributed by atoms with E-state index in [1.165, 1.54) is 0 Å². The SMILES string of the molecule is O=CC1=CC=C=C2C=CC=CC21. The largest absolute Gasteiger partial charge is 0.298 e. The Labute approximate surface area is 71.1 Å². The Hall–Kier alpha value is -1.59. The van der Waals surface area contributed by atoms with Crippen LogP contribution in [0.25, 0.3) is 0 Å². The summed E-state index contributed by atoms with van der Waals surface area (Å²) in [5, 5.41) is 0. The van der Waals surface area contributed by atoms with Crippen molar-refractivity contribution < 1.29 is 4.79 Å². The monoisotopic (exact) mass is 156 g/mol. The molecule has 1 heteroatoms. The van der Waals surface area contributed by atoms with Gasteiger partial charge in [-0.2, -0.15) is 0 Å². The van der Waals surface area contributed by atoms with E-state index in [0.29, 0.717) is 0 Å². The van der Waals surface area contributed by atoms with Crippen LogP contribution in [0.5, 0.6) is 0 Å². The third-order valence-corrected chi connectivity index (χ3v) is 2.05. The van der Waals surface area contributed by atoms with Gasteiger partial charge >= 0.3 is 0 Å². The maximum atomic E-state index is 10.6. The fourth-order valence-electron chi connectivity index (χ4n) is 1.42. The second-order valence-corrected chi connectivity index (χ2v) is 2.77. The van der Waals surface area contributed by atoms with Gasteiger partial charge in [0.05, 0.1) is 0 Å². The average Bonchev–Trinajstić information content (AvgIpc) is 2.17. The molecule has 12 heavy (non-hydrogen) atoms. The molecule has 0 radical (unpaired) electrons. The third kappa shape index (κ3) is 1.01. The van der Waals surface area contributed by atoms with E-state index < -0.39 is 0 Å². The summed E-state index contributed by atoms with van der Waals surface area (Å²) in [4.78, 5) is 10.6. The van der Waals surface area contributed by atoms with Crippen LogP contribution >= 0.6 is 0 Å². The van der Waals surface area contributed by atoms with Crippen LogP contribution in [0.1, 0.15) is 0 Å². The van der Waals surface area contributed by atoms with Crippen molar-refractivity contribution in [3.63, 3.8) is 0 Å². The van der Waals surface area contributed by atoms with Crippen molar-refractivity contribution in [3.8, 4) is 0 Å². The molecule has 0 bridgehead atoms. The molecule has 2 aliphatic carbocycles. The predicted octanol–water partition coefficient (Wildman–Crippen LogP) is 1.95. The quantitative estimate of drug-likeness (QED) is 0.419. The normalized spacial score (nSPS) is 24.5. The van der Waals surface area contributed by atoms with E-state index in [1.807, 2.05) is 30.4 Å². The molecule has 1 unspecified atom stereocenters. The van der Waals surface area contributed by atoms with E-state index in [-0.39, 0.29) is 5.92 Å². The van der Waals surface area contributed by atoms with E-state index in [2.05, 4.69) is 5.73 Å². The summed E-state index contributed by atoms with van der Waals surface area (Å²) >= 11 is 0. The second kappa shape index (κ2) is 2.80. The molecule has 1 nitrogen and oxygen atoms in total. The fourth-order valence-corrected chi connectivity index (χ4v) is 1.42. The highest BCUT2D eigenvalue weighted by molar-refractivity contribution is 5.78. The van der Waals surface area contributed by atoms with Crippen LogP contribution < -0.4 is 0 Å². The molecular formula is C11H8O. The highest BCUT2D eigenvalue weighted by Crippen LogP contribution is 2.26. The Morgan fingerprint density at radius 3 is 3.17 bits per heavy atom. The Balaban J connectivity index is 2.47. The van der Waals surface area contributed by atoms with Gasteiger partial charge in [0.2, 0.25) is 0 Å². The highest BCUT2D eigenvalue weighted by atomic mass is 16.1. The Morgan fingerprint density at radius 2 is 2.33 bits per heavy atom. The number of fused-ring (bicyclic) bond motifs is 1. The molecule has 0 saturated carbocycles. The Bertz CT molecular complexity index is 360. The van der Waals surface area contributed by atoms with Gasteiger partial charge in [-0.1, -0.05) is 24.3 Å². The van der Waals surface area contributed by atoms with Crippen LogP contribution in [-0.4, -0.2) is 6.29 Å². The Morgan fingerprint density at radius 1 is 1.42 bits per heavy atom. The standard InChI is InChI=1S/C11H8O/c12-8-10-6-3-5-9-4-1-2-7-11(9)10/h1-4,6-8,11H. The molecule has 58 valence electrons. The van der Waals surface area contributed by atoms with E-state index in [0.717, 1.165) is 17.4 Å². The first-order valence-electron chi connectivity index (χ1n) is 3.88. The molecule has 1 atom stereocenters. The third-order valence-electron chi connectivity index (χ3n) is 2.05. The molecule has 0 N–H and O–H groups in total. The summed E-state index contributed by atoms with van der Waals surface area (Å²) in [6.07, 6.45) is 12.4. The van der Waals surface area contributed by atoms with Gasteiger partial charge < -0.3 is 0 Å². The van der Waals surface area contributed by atoms with E-state index in [9.17, 15) is 4.79 Å². The lowest BCUT2D eigenvalue weighted by molar-refractivity contribution is -0.105. The van der Waals surface area contributed by atoms with Gasteiger partial charge in [0, 0.05) is 17.1 Å². The minimum Gasteiger partial charge on any atom is -0.298 e. The number of aldehydes is 1. The molecule has 0 aromatic rings. The first-order valence-corrected chi connectivity index (χ1v) is 3.88. The van der Waals surface area contributed by atoms with Crippen LogP contribution in [0.15, 0.2) is 53.3 Å². The number of allylic oxidation sites excluding steroid dienone is 7. The van der Waals surface area contributed by atoms with Gasteiger partial charge in [-0.05, 0) is 12.2 Å². The number of hydrogen-bond acceptors (Lipinski definition) is 1. The molecule has 0 aromatic heterocycles. The number of carbonyl (C=O) groups excluding carboxylic acids is 1. The highest BCUT2D eigenvalue weighted by Gasteiger charge is 2.16. The summed E-state index contributed by atoms with van der Waals surface area (Å²) in [7, 11) is 0. The predicted molar refractivity (Wildman–Crippen MR) is 47.5 cm³/mol. The van der Waals surface area contributed by atoms with E-state index in [4.69, 9.17) is 0 Å². The van der Waals surface area contributed by atoms with Crippen molar-refractivity contribution in [2.45, 2.75) is 0 Å². The minimum atomic E-state index is 0.137. The first kappa shape index (κ1) is 7.08. The average molecular weight is 156 g/mol. The van der Waals surface area contributed by atoms with Gasteiger partial charge in [0.25, 0.3) is 0 Å². The lowest BCUT2D eigenvalue weighted by atomic mass is 9.86. The van der Waals surface area contributed by atoms with E-state index in [1.54, 1.807) is 6.08 Å². The molecule has 0 heterocycles. The van der Waals surface area contributed by atoms with Crippen molar-refractivity contribution in [2.75, 3.05) is 0 Å². The van der Waals surface area contributed by atoms with E-state index >= 15 is 0 Å². The van der Waals surface area contributed by atoms with Crippen LogP contribution in [0.3, 0.4) is 0 Å². The molecule has 2 rings (SSSR count). The van der Waals surface area contributed by atoms with Crippen LogP contribution in [0, 0.1) is 5.92 Å². The maximum absolute atomic E-state index is 10.6. The minimum absolute atomic E-state index is 0.137. The molecule has 0 aliphatic heterocycles. The zero-order chi connectivity index (χ0) is 8.39. The van der Waals surface area contributed by atoms with Gasteiger partial charge in [-0.25, -0.2) is 0 Å². The van der Waals surface area contributed by atoms with Gasteiger partial charge in [-0.15, -0.1) is 5.73 Å². The van der Waals surface area contributed by atoms with Crippen molar-refractivity contribution in [1.82, 2.24) is 0 Å². The molecule has 2 aliphatic rings. The topological polar surface area (TPSA) is 17.1 Å². The summed E-state index contributed by atoms with van der Waals surface area (Å²) in [6.45, 7) is 0. The summed E-state index contributed by atoms with van der Waals surface area (Å²) < 4.78 is 0. The summed E-state index contributed by atoms with van der Waals surface area (Å²) in [5.41, 5.74) is 4.98. The Kier molecular flexibility index (Phi) is 1.65. The van der Waals surface area contributed by atoms with Crippen LogP contribution in [0.2, 0.25) is 0 Å². The lowest BCUT2D eigenvalue weighted by Crippen LogP contribution is -2.07. The van der Waals surface area contributed by atoms with Crippen molar-refractivity contribution >= 4 is 6.29 Å². The maximum Gasteiger partial charge on any atom is 0.147 e. The van der Waals surface area contributed by atoms with Gasteiger partial charge in [0.1, 0.15) is 6.29 Å². The summed E-state index contributed by atoms with van der Waals surface area (Å²) in [5.74, 6) is 0.137. The molecule has 0 saturated heterocycles. The van der Waals surface area contributed by atoms with Crippen molar-refractivity contribution in [2.24, 2.45) is 5.92 Å². The van der Waals surface area contributed by atoms with Gasteiger partial charge in [-0.3, -0.25) is 4.79 Å². The van der Waals surface area contributed by atoms with Crippen molar-refractivity contribution in [1.29, 1.82) is 0 Å². The zero-order valence-corrected chi connectivity index (χ0v) is 6.53. The zero-order valence-electron chi connectivity index (χ0n) is 6.53. The first-order chi connectivity index (χ1) is 5.92. The second-order valence-electron chi connectivity index (χ2n) is 2.77. The molecule has 0 amide bonds. The smallest absolute Gasteiger partial charge is 0.147 e. The summed E-state index contributed by atoms with van der Waals surface area (Å²) in [6, 6.07) is 0.